The number of carbonyl (C=O) groups is 1. The van der Waals surface area contributed by atoms with Crippen LogP contribution < -0.4 is 5.32 Å². The van der Waals surface area contributed by atoms with E-state index in [9.17, 15) is 4.79 Å². The first-order valence-corrected chi connectivity index (χ1v) is 8.77. The Labute approximate surface area is 153 Å². The first kappa shape index (κ1) is 18.6. The van der Waals surface area contributed by atoms with Gasteiger partial charge in [0.25, 0.3) is 0 Å². The average molecular weight is 387 g/mol. The van der Waals surface area contributed by atoms with Crippen LogP contribution in [0.25, 0.3) is 0 Å². The number of carbonyl (C=O) groups excluding carboxylic acids is 1. The normalized spacial score (nSPS) is 10.5. The quantitative estimate of drug-likeness (QED) is 0.426. The van der Waals surface area contributed by atoms with Gasteiger partial charge in [0.2, 0.25) is 5.95 Å². The van der Waals surface area contributed by atoms with E-state index in [0.717, 1.165) is 17.8 Å². The Bertz CT molecular complexity index is 741. The van der Waals surface area contributed by atoms with E-state index in [-0.39, 0.29) is 16.3 Å². The highest BCUT2D eigenvalue weighted by molar-refractivity contribution is 7.17. The average Bonchev–Trinajstić information content (AvgIpc) is 2.87. The lowest BCUT2D eigenvalue weighted by atomic mass is 10.2. The Kier molecular flexibility index (Phi) is 6.53. The van der Waals surface area contributed by atoms with E-state index in [0.29, 0.717) is 34.3 Å². The van der Waals surface area contributed by atoms with Crippen LogP contribution in [-0.4, -0.2) is 27.5 Å². The van der Waals surface area contributed by atoms with Gasteiger partial charge >= 0.3 is 5.97 Å². The third kappa shape index (κ3) is 4.43. The zero-order valence-corrected chi connectivity index (χ0v) is 15.6. The molecule has 2 aromatic rings. The molecule has 0 aliphatic carbocycles. The van der Waals surface area contributed by atoms with Crippen LogP contribution in [0.15, 0.2) is 12.7 Å². The largest absolute Gasteiger partial charge is 0.462 e. The zero-order valence-electron chi connectivity index (χ0n) is 13.2. The molecule has 0 aliphatic rings. The van der Waals surface area contributed by atoms with E-state index >= 15 is 0 Å². The number of halogens is 2. The third-order valence-electron chi connectivity index (χ3n) is 2.98. The van der Waals surface area contributed by atoms with Gasteiger partial charge in [-0.3, -0.25) is 5.32 Å². The van der Waals surface area contributed by atoms with Gasteiger partial charge in [-0.2, -0.15) is 0 Å². The van der Waals surface area contributed by atoms with Crippen molar-refractivity contribution >= 4 is 51.6 Å². The molecule has 0 unspecified atom stereocenters. The molecule has 24 heavy (non-hydrogen) atoms. The number of aromatic nitrogens is 3. The molecule has 0 spiro atoms. The molecular weight excluding hydrogens is 371 g/mol. The maximum Gasteiger partial charge on any atom is 0.350 e. The minimum Gasteiger partial charge on any atom is -0.462 e. The Morgan fingerprint density at radius 1 is 1.33 bits per heavy atom. The van der Waals surface area contributed by atoms with E-state index in [4.69, 9.17) is 27.9 Å². The number of nitrogens with zero attached hydrogens (tertiary/aromatic N) is 3. The van der Waals surface area contributed by atoms with Crippen LogP contribution in [0.3, 0.4) is 0 Å². The summed E-state index contributed by atoms with van der Waals surface area (Å²) in [4.78, 5) is 24.9. The minimum atomic E-state index is -0.405. The highest BCUT2D eigenvalue weighted by Gasteiger charge is 2.18. The van der Waals surface area contributed by atoms with Gasteiger partial charge in [0.15, 0.2) is 5.13 Å². The predicted octanol–water partition coefficient (Wildman–Crippen LogP) is 4.59. The van der Waals surface area contributed by atoms with Crippen LogP contribution >= 0.6 is 34.5 Å². The van der Waals surface area contributed by atoms with Crippen molar-refractivity contribution < 1.29 is 9.53 Å². The molecule has 2 heterocycles. The van der Waals surface area contributed by atoms with E-state index in [1.807, 2.05) is 0 Å². The first-order chi connectivity index (χ1) is 11.5. The van der Waals surface area contributed by atoms with Crippen LogP contribution in [0.1, 0.15) is 34.3 Å². The van der Waals surface area contributed by atoms with Gasteiger partial charge in [-0.25, -0.2) is 19.7 Å². The fraction of sp³-hybridized carbons (Fsp3) is 0.333. The van der Waals surface area contributed by atoms with Gasteiger partial charge in [0, 0.05) is 5.56 Å². The summed E-state index contributed by atoms with van der Waals surface area (Å²) in [6, 6.07) is 0. The summed E-state index contributed by atoms with van der Waals surface area (Å²) in [6.07, 6.45) is 3.11. The smallest absolute Gasteiger partial charge is 0.350 e. The van der Waals surface area contributed by atoms with E-state index < -0.39 is 5.97 Å². The molecule has 0 saturated carbocycles. The molecule has 6 nitrogen and oxygen atoms in total. The molecule has 0 amide bonds. The number of hydrogen-bond donors (Lipinski definition) is 1. The Morgan fingerprint density at radius 3 is 2.58 bits per heavy atom. The van der Waals surface area contributed by atoms with Gasteiger partial charge < -0.3 is 4.74 Å². The van der Waals surface area contributed by atoms with Crippen LogP contribution in [0.5, 0.6) is 0 Å². The Morgan fingerprint density at radius 2 is 2.00 bits per heavy atom. The van der Waals surface area contributed by atoms with Crippen LogP contribution in [-0.2, 0) is 11.2 Å². The molecule has 1 N–H and O–H groups in total. The van der Waals surface area contributed by atoms with Crippen molar-refractivity contribution in [2.45, 2.75) is 26.7 Å². The van der Waals surface area contributed by atoms with Crippen molar-refractivity contribution in [2.24, 2.45) is 0 Å². The SMILES string of the molecule is C=CCCc1c(Cl)nc(Nc2nc(C)c(C(=O)OCC)s2)nc1Cl. The van der Waals surface area contributed by atoms with Crippen molar-refractivity contribution in [1.29, 1.82) is 0 Å². The second-order valence-corrected chi connectivity index (χ2v) is 6.43. The molecule has 0 radical (unpaired) electrons. The maximum atomic E-state index is 11.8. The highest BCUT2D eigenvalue weighted by atomic mass is 35.5. The number of ether oxygens (including phenoxy) is 1. The standard InChI is InChI=1S/C15H16Cl2N4O2S/c1-4-6-7-9-11(16)19-14(20-12(9)17)21-15-18-8(3)10(24-15)13(22)23-5-2/h4H,1,5-7H2,2-3H3,(H,18,19,20,21). The summed E-state index contributed by atoms with van der Waals surface area (Å²) >= 11 is 13.5. The fourth-order valence-electron chi connectivity index (χ4n) is 1.87. The van der Waals surface area contributed by atoms with Gasteiger partial charge in [0.1, 0.15) is 15.2 Å². The number of rotatable bonds is 7. The van der Waals surface area contributed by atoms with Crippen LogP contribution in [0.4, 0.5) is 11.1 Å². The van der Waals surface area contributed by atoms with Gasteiger partial charge in [-0.05, 0) is 26.7 Å². The second-order valence-electron chi connectivity index (χ2n) is 4.71. The van der Waals surface area contributed by atoms with Crippen molar-refractivity contribution in [3.05, 3.63) is 39.1 Å². The summed E-state index contributed by atoms with van der Waals surface area (Å²) < 4.78 is 4.99. The number of esters is 1. The molecule has 128 valence electrons. The van der Waals surface area contributed by atoms with Crippen LogP contribution in [0, 0.1) is 6.92 Å². The lowest BCUT2D eigenvalue weighted by molar-refractivity contribution is 0.0531. The Balaban J connectivity index is 2.21. The number of aryl methyl sites for hydroxylation is 1. The van der Waals surface area contributed by atoms with Gasteiger partial charge in [-0.1, -0.05) is 40.6 Å². The van der Waals surface area contributed by atoms with Gasteiger partial charge in [0.05, 0.1) is 12.3 Å². The Hall–Kier alpha value is -1.70. The monoisotopic (exact) mass is 386 g/mol. The molecular formula is C15H16Cl2N4O2S. The lowest BCUT2D eigenvalue weighted by Gasteiger charge is -2.07. The third-order valence-corrected chi connectivity index (χ3v) is 4.66. The summed E-state index contributed by atoms with van der Waals surface area (Å²) in [6.45, 7) is 7.45. The summed E-state index contributed by atoms with van der Waals surface area (Å²) in [5, 5.41) is 3.93. The number of hydrogen-bond acceptors (Lipinski definition) is 7. The number of nitrogens with one attached hydrogen (secondary N) is 1. The van der Waals surface area contributed by atoms with E-state index in [1.165, 1.54) is 0 Å². The number of thiazole rings is 1. The fourth-order valence-corrected chi connectivity index (χ4v) is 3.30. The summed E-state index contributed by atoms with van der Waals surface area (Å²) in [7, 11) is 0. The van der Waals surface area contributed by atoms with Crippen LogP contribution in [0.2, 0.25) is 10.3 Å². The van der Waals surface area contributed by atoms with Crippen molar-refractivity contribution in [1.82, 2.24) is 15.0 Å². The molecule has 9 heteroatoms. The molecule has 2 rings (SSSR count). The first-order valence-electron chi connectivity index (χ1n) is 7.20. The van der Waals surface area contributed by atoms with Crippen molar-refractivity contribution in [2.75, 3.05) is 11.9 Å². The highest BCUT2D eigenvalue weighted by Crippen LogP contribution is 2.28. The van der Waals surface area contributed by atoms with E-state index in [2.05, 4.69) is 26.8 Å². The predicted molar refractivity (Wildman–Crippen MR) is 96.7 cm³/mol. The molecule has 0 fully saturated rings. The maximum absolute atomic E-state index is 11.8. The molecule has 0 aliphatic heterocycles. The molecule has 0 atom stereocenters. The van der Waals surface area contributed by atoms with Gasteiger partial charge in [-0.15, -0.1) is 6.58 Å². The molecule has 0 saturated heterocycles. The van der Waals surface area contributed by atoms with E-state index in [1.54, 1.807) is 19.9 Å². The summed E-state index contributed by atoms with van der Waals surface area (Å²) in [5.41, 5.74) is 1.24. The topological polar surface area (TPSA) is 77.0 Å². The number of allylic oxidation sites excluding steroid dienone is 1. The number of anilines is 2. The lowest BCUT2D eigenvalue weighted by Crippen LogP contribution is -2.03. The summed E-state index contributed by atoms with van der Waals surface area (Å²) in [5.74, 6) is -0.186. The second kappa shape index (κ2) is 8.41. The minimum absolute atomic E-state index is 0.219. The molecule has 2 aromatic heterocycles. The van der Waals surface area contributed by atoms with Crippen molar-refractivity contribution in [3.8, 4) is 0 Å². The molecule has 0 bridgehead atoms. The van der Waals surface area contributed by atoms with Crippen molar-refractivity contribution in [3.63, 3.8) is 0 Å². The molecule has 0 aromatic carbocycles. The zero-order chi connectivity index (χ0) is 17.7.